The molecular weight excluding hydrogens is 252 g/mol. The van der Waals surface area contributed by atoms with Crippen LogP contribution in [0.1, 0.15) is 13.3 Å². The van der Waals surface area contributed by atoms with Crippen LogP contribution >= 0.6 is 0 Å². The minimum Gasteiger partial charge on any atom is -0.512 e. The van der Waals surface area contributed by atoms with Gasteiger partial charge >= 0.3 is 8.56 Å². The van der Waals surface area contributed by atoms with Gasteiger partial charge in [0.25, 0.3) is 0 Å². The van der Waals surface area contributed by atoms with Gasteiger partial charge in [0.1, 0.15) is 11.5 Å². The molecular formula is C16H20O2Si. The van der Waals surface area contributed by atoms with E-state index in [0.717, 1.165) is 24.0 Å². The Morgan fingerprint density at radius 2 is 1.21 bits per heavy atom. The summed E-state index contributed by atoms with van der Waals surface area (Å²) in [7, 11) is -2.23. The minimum absolute atomic E-state index is 0.890. The van der Waals surface area contributed by atoms with E-state index in [1.165, 1.54) is 0 Å². The van der Waals surface area contributed by atoms with Gasteiger partial charge in [0.05, 0.1) is 0 Å². The fourth-order valence-electron chi connectivity index (χ4n) is 2.05. The summed E-state index contributed by atoms with van der Waals surface area (Å²) in [6, 6.07) is 20.8. The van der Waals surface area contributed by atoms with Gasteiger partial charge in [-0.3, -0.25) is 0 Å². The van der Waals surface area contributed by atoms with E-state index >= 15 is 0 Å². The van der Waals surface area contributed by atoms with Crippen LogP contribution in [0.25, 0.3) is 0 Å². The van der Waals surface area contributed by atoms with Gasteiger partial charge in [-0.25, -0.2) is 0 Å². The first-order valence-corrected chi connectivity index (χ1v) is 9.22. The second kappa shape index (κ2) is 6.43. The lowest BCUT2D eigenvalue weighted by Gasteiger charge is -2.28. The van der Waals surface area contributed by atoms with Gasteiger partial charge in [-0.05, 0) is 24.3 Å². The topological polar surface area (TPSA) is 18.5 Å². The predicted octanol–water partition coefficient (Wildman–Crippen LogP) is 4.63. The SMILES string of the molecule is CCC[Si](C)(Oc1ccccc1)Oc1ccccc1. The Balaban J connectivity index is 2.13. The first kappa shape index (κ1) is 13.7. The molecule has 2 aromatic rings. The summed E-state index contributed by atoms with van der Waals surface area (Å²) in [6.07, 6.45) is 1.06. The Morgan fingerprint density at radius 3 is 1.58 bits per heavy atom. The molecule has 0 aliphatic heterocycles. The molecule has 0 saturated heterocycles. The smallest absolute Gasteiger partial charge is 0.457 e. The van der Waals surface area contributed by atoms with Crippen LogP contribution in [0.4, 0.5) is 0 Å². The normalized spacial score (nSPS) is 11.1. The second-order valence-electron chi connectivity index (χ2n) is 4.71. The van der Waals surface area contributed by atoms with Gasteiger partial charge in [-0.15, -0.1) is 0 Å². The molecule has 0 heterocycles. The highest BCUT2D eigenvalue weighted by Gasteiger charge is 2.35. The molecule has 2 nitrogen and oxygen atoms in total. The zero-order chi connectivity index (χ0) is 13.6. The van der Waals surface area contributed by atoms with Crippen molar-refractivity contribution in [3.63, 3.8) is 0 Å². The van der Waals surface area contributed by atoms with Crippen molar-refractivity contribution in [2.45, 2.75) is 25.9 Å². The van der Waals surface area contributed by atoms with Gasteiger partial charge < -0.3 is 8.85 Å². The molecule has 100 valence electrons. The third-order valence-electron chi connectivity index (χ3n) is 2.86. The Hall–Kier alpha value is -1.74. The van der Waals surface area contributed by atoms with E-state index in [0.29, 0.717) is 0 Å². The molecule has 0 fully saturated rings. The number of para-hydroxylation sites is 2. The maximum atomic E-state index is 6.16. The summed E-state index contributed by atoms with van der Waals surface area (Å²) in [4.78, 5) is 0. The molecule has 0 saturated carbocycles. The highest BCUT2D eigenvalue weighted by atomic mass is 28.4. The Morgan fingerprint density at radius 1 is 0.789 bits per heavy atom. The molecule has 2 aromatic carbocycles. The lowest BCUT2D eigenvalue weighted by Crippen LogP contribution is -2.45. The average Bonchev–Trinajstić information content (AvgIpc) is 2.41. The van der Waals surface area contributed by atoms with Crippen LogP contribution in [0.5, 0.6) is 11.5 Å². The van der Waals surface area contributed by atoms with Gasteiger partial charge in [-0.2, -0.15) is 0 Å². The van der Waals surface area contributed by atoms with E-state index in [4.69, 9.17) is 8.85 Å². The van der Waals surface area contributed by atoms with Crippen molar-refractivity contribution >= 4 is 8.56 Å². The summed E-state index contributed by atoms with van der Waals surface area (Å²) in [6.45, 7) is 4.28. The van der Waals surface area contributed by atoms with E-state index < -0.39 is 8.56 Å². The first-order valence-electron chi connectivity index (χ1n) is 6.70. The number of hydrogen-bond donors (Lipinski definition) is 0. The molecule has 0 aliphatic carbocycles. The summed E-state index contributed by atoms with van der Waals surface area (Å²) in [5.74, 6) is 1.78. The monoisotopic (exact) mass is 272 g/mol. The zero-order valence-electron chi connectivity index (χ0n) is 11.5. The van der Waals surface area contributed by atoms with Gasteiger partial charge in [0.2, 0.25) is 0 Å². The van der Waals surface area contributed by atoms with Crippen LogP contribution in [-0.2, 0) is 0 Å². The number of benzene rings is 2. The third kappa shape index (κ3) is 4.14. The van der Waals surface area contributed by atoms with Gasteiger partial charge in [0, 0.05) is 12.6 Å². The molecule has 19 heavy (non-hydrogen) atoms. The van der Waals surface area contributed by atoms with Crippen LogP contribution in [0.3, 0.4) is 0 Å². The minimum atomic E-state index is -2.23. The largest absolute Gasteiger partial charge is 0.512 e. The Kier molecular flexibility index (Phi) is 4.63. The van der Waals surface area contributed by atoms with Gasteiger partial charge in [-0.1, -0.05) is 49.7 Å². The molecule has 0 amide bonds. The summed E-state index contributed by atoms with van der Waals surface area (Å²) in [5.41, 5.74) is 0. The van der Waals surface area contributed by atoms with Gasteiger partial charge in [0.15, 0.2) is 0 Å². The third-order valence-corrected chi connectivity index (χ3v) is 5.60. The molecule has 0 aromatic heterocycles. The van der Waals surface area contributed by atoms with Crippen molar-refractivity contribution in [1.29, 1.82) is 0 Å². The average molecular weight is 272 g/mol. The summed E-state index contributed by atoms with van der Waals surface area (Å²) < 4.78 is 12.3. The van der Waals surface area contributed by atoms with E-state index in [1.54, 1.807) is 0 Å². The van der Waals surface area contributed by atoms with Crippen molar-refractivity contribution in [2.24, 2.45) is 0 Å². The molecule has 0 radical (unpaired) electrons. The lowest BCUT2D eigenvalue weighted by atomic mass is 10.3. The van der Waals surface area contributed by atoms with Crippen molar-refractivity contribution in [3.05, 3.63) is 60.7 Å². The fraction of sp³-hybridized carbons (Fsp3) is 0.250. The van der Waals surface area contributed by atoms with Crippen LogP contribution < -0.4 is 8.85 Å². The lowest BCUT2D eigenvalue weighted by molar-refractivity contribution is 0.387. The van der Waals surface area contributed by atoms with E-state index in [1.807, 2.05) is 60.7 Å². The predicted molar refractivity (Wildman–Crippen MR) is 80.9 cm³/mol. The van der Waals surface area contributed by atoms with Crippen molar-refractivity contribution in [1.82, 2.24) is 0 Å². The van der Waals surface area contributed by atoms with E-state index in [2.05, 4.69) is 13.5 Å². The van der Waals surface area contributed by atoms with Crippen LogP contribution in [0.2, 0.25) is 12.6 Å². The standard InChI is InChI=1S/C16H20O2Si/c1-3-14-19(2,17-15-10-6-4-7-11-15)18-16-12-8-5-9-13-16/h4-13H,3,14H2,1-2H3. The Labute approximate surface area is 116 Å². The molecule has 0 spiro atoms. The number of hydrogen-bond acceptors (Lipinski definition) is 2. The molecule has 0 atom stereocenters. The van der Waals surface area contributed by atoms with Crippen LogP contribution in [0, 0.1) is 0 Å². The van der Waals surface area contributed by atoms with E-state index in [-0.39, 0.29) is 0 Å². The highest BCUT2D eigenvalue weighted by molar-refractivity contribution is 6.67. The van der Waals surface area contributed by atoms with E-state index in [9.17, 15) is 0 Å². The maximum absolute atomic E-state index is 6.16. The molecule has 2 rings (SSSR count). The molecule has 0 bridgehead atoms. The van der Waals surface area contributed by atoms with Crippen LogP contribution in [-0.4, -0.2) is 8.56 Å². The second-order valence-corrected chi connectivity index (χ2v) is 7.89. The fourth-order valence-corrected chi connectivity index (χ4v) is 4.48. The van der Waals surface area contributed by atoms with Crippen molar-refractivity contribution < 1.29 is 8.85 Å². The van der Waals surface area contributed by atoms with Crippen molar-refractivity contribution in [2.75, 3.05) is 0 Å². The molecule has 3 heteroatoms. The highest BCUT2D eigenvalue weighted by Crippen LogP contribution is 2.23. The maximum Gasteiger partial charge on any atom is 0.457 e. The summed E-state index contributed by atoms with van der Waals surface area (Å²) in [5, 5.41) is 0. The Bertz CT molecular complexity index is 443. The first-order chi connectivity index (χ1) is 9.22. The molecule has 0 unspecified atom stereocenters. The number of rotatable bonds is 6. The van der Waals surface area contributed by atoms with Crippen molar-refractivity contribution in [3.8, 4) is 11.5 Å². The zero-order valence-corrected chi connectivity index (χ0v) is 12.5. The molecule has 0 N–H and O–H groups in total. The molecule has 0 aliphatic rings. The summed E-state index contributed by atoms with van der Waals surface area (Å²) >= 11 is 0. The quantitative estimate of drug-likeness (QED) is 0.714. The van der Waals surface area contributed by atoms with Crippen LogP contribution in [0.15, 0.2) is 60.7 Å².